The van der Waals surface area contributed by atoms with E-state index in [9.17, 15) is 22.8 Å². The van der Waals surface area contributed by atoms with Crippen molar-refractivity contribution in [3.8, 4) is 0 Å². The monoisotopic (exact) mass is 392 g/mol. The lowest BCUT2D eigenvalue weighted by Gasteiger charge is -2.25. The molecule has 0 unspecified atom stereocenters. The summed E-state index contributed by atoms with van der Waals surface area (Å²) in [5.41, 5.74) is 1.25. The van der Waals surface area contributed by atoms with Crippen LogP contribution in [0.3, 0.4) is 0 Å². The van der Waals surface area contributed by atoms with Crippen LogP contribution in [0.1, 0.15) is 44.2 Å². The second kappa shape index (κ2) is 8.91. The zero-order valence-corrected chi connectivity index (χ0v) is 16.0. The smallest absolute Gasteiger partial charge is 0.326 e. The SMILES string of the molecule is CC(=O)N(CCC(=O)Nc1ccc(C(F)(F)F)cc1)c1ccccc1C(C)C. The first-order chi connectivity index (χ1) is 13.1. The lowest BCUT2D eigenvalue weighted by Crippen LogP contribution is -2.32. The molecule has 0 aromatic heterocycles. The van der Waals surface area contributed by atoms with Crippen molar-refractivity contribution in [2.24, 2.45) is 0 Å². The fraction of sp³-hybridized carbons (Fsp3) is 0.333. The van der Waals surface area contributed by atoms with Gasteiger partial charge in [0.05, 0.1) is 5.56 Å². The van der Waals surface area contributed by atoms with E-state index in [4.69, 9.17) is 0 Å². The Morgan fingerprint density at radius 2 is 1.64 bits per heavy atom. The van der Waals surface area contributed by atoms with E-state index < -0.39 is 11.7 Å². The second-order valence-electron chi connectivity index (χ2n) is 6.76. The summed E-state index contributed by atoms with van der Waals surface area (Å²) in [5.74, 6) is -0.359. The van der Waals surface area contributed by atoms with Crippen molar-refractivity contribution >= 4 is 23.2 Å². The highest BCUT2D eigenvalue weighted by atomic mass is 19.4. The van der Waals surface area contributed by atoms with Crippen molar-refractivity contribution in [3.05, 3.63) is 59.7 Å². The van der Waals surface area contributed by atoms with Crippen LogP contribution >= 0.6 is 0 Å². The molecule has 0 radical (unpaired) electrons. The molecule has 1 N–H and O–H groups in total. The number of hydrogen-bond donors (Lipinski definition) is 1. The van der Waals surface area contributed by atoms with Gasteiger partial charge in [-0.05, 0) is 41.8 Å². The number of nitrogens with zero attached hydrogens (tertiary/aromatic N) is 1. The van der Waals surface area contributed by atoms with Crippen LogP contribution in [0.25, 0.3) is 0 Å². The van der Waals surface area contributed by atoms with Crippen molar-refractivity contribution in [3.63, 3.8) is 0 Å². The number of hydrogen-bond acceptors (Lipinski definition) is 2. The summed E-state index contributed by atoms with van der Waals surface area (Å²) in [4.78, 5) is 25.9. The van der Waals surface area contributed by atoms with Gasteiger partial charge in [0, 0.05) is 31.3 Å². The van der Waals surface area contributed by atoms with Gasteiger partial charge in [-0.25, -0.2) is 0 Å². The summed E-state index contributed by atoms with van der Waals surface area (Å²) in [6, 6.07) is 11.7. The van der Waals surface area contributed by atoms with Crippen LogP contribution in [0.2, 0.25) is 0 Å². The highest BCUT2D eigenvalue weighted by Crippen LogP contribution is 2.30. The average molecular weight is 392 g/mol. The molecule has 150 valence electrons. The minimum atomic E-state index is -4.42. The largest absolute Gasteiger partial charge is 0.416 e. The van der Waals surface area contributed by atoms with E-state index in [1.807, 2.05) is 38.1 Å². The first-order valence-corrected chi connectivity index (χ1v) is 8.93. The van der Waals surface area contributed by atoms with Gasteiger partial charge < -0.3 is 10.2 Å². The number of rotatable bonds is 6. The summed E-state index contributed by atoms with van der Waals surface area (Å²) in [5, 5.41) is 2.56. The predicted octanol–water partition coefficient (Wildman–Crippen LogP) is 5.21. The Morgan fingerprint density at radius 1 is 1.04 bits per heavy atom. The van der Waals surface area contributed by atoms with Crippen LogP contribution in [-0.2, 0) is 15.8 Å². The minimum absolute atomic E-state index is 0.0209. The number of benzene rings is 2. The van der Waals surface area contributed by atoms with E-state index in [1.165, 1.54) is 19.1 Å². The Morgan fingerprint density at radius 3 is 2.18 bits per heavy atom. The fourth-order valence-electron chi connectivity index (χ4n) is 2.85. The molecule has 2 aromatic carbocycles. The molecule has 0 fully saturated rings. The standard InChI is InChI=1S/C21H23F3N2O2/c1-14(2)18-6-4-5-7-19(18)26(15(3)27)13-12-20(28)25-17-10-8-16(9-11-17)21(22,23)24/h4-11,14H,12-13H2,1-3H3,(H,25,28). The normalized spacial score (nSPS) is 11.4. The third kappa shape index (κ3) is 5.58. The number of carbonyl (C=O) groups excluding carboxylic acids is 2. The quantitative estimate of drug-likeness (QED) is 0.734. The maximum Gasteiger partial charge on any atom is 0.416 e. The van der Waals surface area contributed by atoms with Crippen molar-refractivity contribution < 1.29 is 22.8 Å². The Kier molecular flexibility index (Phi) is 6.83. The van der Waals surface area contributed by atoms with Gasteiger partial charge in [-0.3, -0.25) is 9.59 Å². The maximum atomic E-state index is 12.6. The Hall–Kier alpha value is -2.83. The highest BCUT2D eigenvalue weighted by Gasteiger charge is 2.30. The minimum Gasteiger partial charge on any atom is -0.326 e. The average Bonchev–Trinajstić information content (AvgIpc) is 2.61. The first kappa shape index (κ1) is 21.5. The Labute approximate surface area is 162 Å². The van der Waals surface area contributed by atoms with E-state index in [0.29, 0.717) is 0 Å². The molecule has 0 heterocycles. The molecular formula is C21H23F3N2O2. The number of amides is 2. The first-order valence-electron chi connectivity index (χ1n) is 8.93. The van der Waals surface area contributed by atoms with E-state index in [2.05, 4.69) is 5.32 Å². The van der Waals surface area contributed by atoms with E-state index in [-0.39, 0.29) is 36.4 Å². The van der Waals surface area contributed by atoms with Crippen molar-refractivity contribution in [2.75, 3.05) is 16.8 Å². The van der Waals surface area contributed by atoms with Crippen LogP contribution in [0.4, 0.5) is 24.5 Å². The molecular weight excluding hydrogens is 369 g/mol. The van der Waals surface area contributed by atoms with E-state index in [0.717, 1.165) is 23.4 Å². The van der Waals surface area contributed by atoms with E-state index in [1.54, 1.807) is 4.90 Å². The molecule has 2 rings (SSSR count). The maximum absolute atomic E-state index is 12.6. The van der Waals surface area contributed by atoms with Gasteiger partial charge in [-0.2, -0.15) is 13.2 Å². The third-order valence-corrected chi connectivity index (χ3v) is 4.29. The zero-order chi connectivity index (χ0) is 20.9. The van der Waals surface area contributed by atoms with Gasteiger partial charge in [0.15, 0.2) is 0 Å². The molecule has 7 heteroatoms. The fourth-order valence-corrected chi connectivity index (χ4v) is 2.85. The van der Waals surface area contributed by atoms with Crippen molar-refractivity contribution in [2.45, 2.75) is 39.3 Å². The Balaban J connectivity index is 2.04. The van der Waals surface area contributed by atoms with Crippen LogP contribution in [-0.4, -0.2) is 18.4 Å². The predicted molar refractivity (Wildman–Crippen MR) is 103 cm³/mol. The highest BCUT2D eigenvalue weighted by molar-refractivity contribution is 5.95. The topological polar surface area (TPSA) is 49.4 Å². The molecule has 0 bridgehead atoms. The van der Waals surface area contributed by atoms with E-state index >= 15 is 0 Å². The number of nitrogens with one attached hydrogen (secondary N) is 1. The Bertz CT molecular complexity index is 830. The summed E-state index contributed by atoms with van der Waals surface area (Å²) in [7, 11) is 0. The molecule has 0 aliphatic carbocycles. The zero-order valence-electron chi connectivity index (χ0n) is 16.0. The lowest BCUT2D eigenvalue weighted by atomic mass is 10.0. The second-order valence-corrected chi connectivity index (χ2v) is 6.76. The molecule has 0 atom stereocenters. The number of halogens is 3. The number of carbonyl (C=O) groups is 2. The van der Waals surface area contributed by atoms with Crippen LogP contribution in [0.5, 0.6) is 0 Å². The molecule has 4 nitrogen and oxygen atoms in total. The molecule has 0 saturated heterocycles. The molecule has 2 aromatic rings. The molecule has 0 spiro atoms. The number of para-hydroxylation sites is 1. The lowest BCUT2D eigenvalue weighted by molar-refractivity contribution is -0.137. The third-order valence-electron chi connectivity index (χ3n) is 4.29. The summed E-state index contributed by atoms with van der Waals surface area (Å²) in [6.45, 7) is 5.65. The van der Waals surface area contributed by atoms with Crippen LogP contribution in [0.15, 0.2) is 48.5 Å². The van der Waals surface area contributed by atoms with Gasteiger partial charge >= 0.3 is 6.18 Å². The molecule has 0 aliphatic heterocycles. The van der Waals surface area contributed by atoms with Crippen molar-refractivity contribution in [1.82, 2.24) is 0 Å². The van der Waals surface area contributed by atoms with Gasteiger partial charge in [0.1, 0.15) is 0 Å². The summed E-state index contributed by atoms with van der Waals surface area (Å²) >= 11 is 0. The number of anilines is 2. The van der Waals surface area contributed by atoms with Gasteiger partial charge in [-0.15, -0.1) is 0 Å². The summed E-state index contributed by atoms with van der Waals surface area (Å²) < 4.78 is 37.8. The number of alkyl halides is 3. The van der Waals surface area contributed by atoms with Gasteiger partial charge in [-0.1, -0.05) is 32.0 Å². The van der Waals surface area contributed by atoms with Crippen LogP contribution in [0, 0.1) is 0 Å². The molecule has 0 saturated carbocycles. The van der Waals surface area contributed by atoms with Gasteiger partial charge in [0.2, 0.25) is 11.8 Å². The van der Waals surface area contributed by atoms with Crippen molar-refractivity contribution in [1.29, 1.82) is 0 Å². The van der Waals surface area contributed by atoms with Gasteiger partial charge in [0.25, 0.3) is 0 Å². The summed E-state index contributed by atoms with van der Waals surface area (Å²) in [6.07, 6.45) is -4.40. The molecule has 2 amide bonds. The molecule has 28 heavy (non-hydrogen) atoms. The van der Waals surface area contributed by atoms with Crippen LogP contribution < -0.4 is 10.2 Å². The molecule has 0 aliphatic rings.